The van der Waals surface area contributed by atoms with Gasteiger partial charge in [-0.15, -0.1) is 0 Å². The van der Waals surface area contributed by atoms with Gasteiger partial charge in [0.25, 0.3) is 0 Å². The molecule has 1 aromatic rings. The second kappa shape index (κ2) is 6.49. The van der Waals surface area contributed by atoms with Gasteiger partial charge >= 0.3 is 0 Å². The number of halogens is 1. The summed E-state index contributed by atoms with van der Waals surface area (Å²) >= 11 is 0. The average Bonchev–Trinajstić information content (AvgIpc) is 2.44. The van der Waals surface area contributed by atoms with Crippen LogP contribution in [0.4, 0.5) is 4.39 Å². The Bertz CT molecular complexity index is 413. The van der Waals surface area contributed by atoms with E-state index in [0.717, 1.165) is 43.7 Å². The molecule has 1 aromatic carbocycles. The van der Waals surface area contributed by atoms with Crippen molar-refractivity contribution in [1.29, 1.82) is 0 Å². The number of rotatable bonds is 4. The van der Waals surface area contributed by atoms with Gasteiger partial charge in [0.2, 0.25) is 0 Å². The molecule has 0 bridgehead atoms. The molecule has 0 radical (unpaired) electrons. The predicted octanol–water partition coefficient (Wildman–Crippen LogP) is 3.13. The van der Waals surface area contributed by atoms with Gasteiger partial charge in [-0.25, -0.2) is 4.39 Å². The Morgan fingerprint density at radius 3 is 2.63 bits per heavy atom. The highest BCUT2D eigenvalue weighted by Crippen LogP contribution is 2.33. The Hall–Kier alpha value is -0.930. The van der Waals surface area contributed by atoms with Crippen LogP contribution in [-0.2, 0) is 0 Å². The van der Waals surface area contributed by atoms with Crippen LogP contribution in [0.1, 0.15) is 37.4 Å². The normalized spacial score (nSPS) is 20.2. The molecule has 1 aliphatic rings. The van der Waals surface area contributed by atoms with Crippen molar-refractivity contribution in [2.75, 3.05) is 26.2 Å². The fourth-order valence-corrected chi connectivity index (χ4v) is 2.94. The second-order valence-corrected chi connectivity index (χ2v) is 5.64. The van der Waals surface area contributed by atoms with Crippen molar-refractivity contribution in [3.63, 3.8) is 0 Å². The third-order valence-electron chi connectivity index (χ3n) is 4.20. The summed E-state index contributed by atoms with van der Waals surface area (Å²) in [6.45, 7) is 10.5. The molecule has 0 saturated carbocycles. The molecule has 19 heavy (non-hydrogen) atoms. The molecule has 1 fully saturated rings. The van der Waals surface area contributed by atoms with E-state index in [1.807, 2.05) is 19.1 Å². The number of aryl methyl sites for hydroxylation is 1. The van der Waals surface area contributed by atoms with Crippen molar-refractivity contribution < 1.29 is 4.39 Å². The summed E-state index contributed by atoms with van der Waals surface area (Å²) in [5.41, 5.74) is 2.01. The molecule has 2 atom stereocenters. The Morgan fingerprint density at radius 2 is 2.00 bits per heavy atom. The minimum Gasteiger partial charge on any atom is -0.314 e. The predicted molar refractivity (Wildman–Crippen MR) is 77.8 cm³/mol. The molecule has 2 rings (SSSR count). The quantitative estimate of drug-likeness (QED) is 0.899. The Kier molecular flexibility index (Phi) is 4.94. The molecule has 0 spiro atoms. The van der Waals surface area contributed by atoms with Gasteiger partial charge in [-0.05, 0) is 18.9 Å². The summed E-state index contributed by atoms with van der Waals surface area (Å²) in [6.07, 6.45) is 1.07. The van der Waals surface area contributed by atoms with Crippen LogP contribution >= 0.6 is 0 Å². The lowest BCUT2D eigenvalue weighted by molar-refractivity contribution is 0.125. The third-order valence-corrected chi connectivity index (χ3v) is 4.20. The van der Waals surface area contributed by atoms with Crippen LogP contribution in [0.5, 0.6) is 0 Å². The summed E-state index contributed by atoms with van der Waals surface area (Å²) in [6, 6.07) is 5.69. The van der Waals surface area contributed by atoms with Gasteiger partial charge in [0, 0.05) is 37.8 Å². The van der Waals surface area contributed by atoms with Crippen molar-refractivity contribution in [3.8, 4) is 0 Å². The molecular weight excluding hydrogens is 239 g/mol. The molecule has 0 amide bonds. The van der Waals surface area contributed by atoms with Crippen LogP contribution in [0, 0.1) is 18.7 Å². The lowest BCUT2D eigenvalue weighted by atomic mass is 9.89. The Labute approximate surface area is 116 Å². The highest BCUT2D eigenvalue weighted by molar-refractivity contribution is 5.27. The minimum absolute atomic E-state index is 0.0607. The van der Waals surface area contributed by atoms with E-state index >= 15 is 0 Å². The van der Waals surface area contributed by atoms with Crippen molar-refractivity contribution >= 4 is 0 Å². The van der Waals surface area contributed by atoms with E-state index in [2.05, 4.69) is 24.1 Å². The van der Waals surface area contributed by atoms with Crippen molar-refractivity contribution in [1.82, 2.24) is 10.2 Å². The summed E-state index contributed by atoms with van der Waals surface area (Å²) in [7, 11) is 0. The standard InChI is InChI=1S/C16H25FN2/c1-4-13(3)16(19-9-7-18-8-10-19)14-11-12(2)5-6-15(14)17/h5-6,11,13,16,18H,4,7-10H2,1-3H3/t13?,16-/m0/s1. The zero-order valence-corrected chi connectivity index (χ0v) is 12.2. The lowest BCUT2D eigenvalue weighted by Crippen LogP contribution is -2.46. The fraction of sp³-hybridized carbons (Fsp3) is 0.625. The maximum absolute atomic E-state index is 14.2. The van der Waals surface area contributed by atoms with E-state index < -0.39 is 0 Å². The maximum atomic E-state index is 14.2. The SMILES string of the molecule is CCC(C)[C@@H](c1cc(C)ccc1F)N1CCNCC1. The van der Waals surface area contributed by atoms with Crippen LogP contribution in [0.3, 0.4) is 0 Å². The zero-order valence-electron chi connectivity index (χ0n) is 12.2. The van der Waals surface area contributed by atoms with E-state index in [4.69, 9.17) is 0 Å². The lowest BCUT2D eigenvalue weighted by Gasteiger charge is -2.38. The topological polar surface area (TPSA) is 15.3 Å². The molecule has 3 heteroatoms. The number of piperazine rings is 1. The van der Waals surface area contributed by atoms with E-state index in [1.165, 1.54) is 0 Å². The molecule has 1 saturated heterocycles. The molecule has 0 aromatic heterocycles. The van der Waals surface area contributed by atoms with Gasteiger partial charge in [-0.1, -0.05) is 38.0 Å². The highest BCUT2D eigenvalue weighted by atomic mass is 19.1. The molecular formula is C16H25FN2. The second-order valence-electron chi connectivity index (χ2n) is 5.64. The van der Waals surface area contributed by atoms with Crippen LogP contribution < -0.4 is 5.32 Å². The zero-order chi connectivity index (χ0) is 13.8. The Morgan fingerprint density at radius 1 is 1.32 bits per heavy atom. The molecule has 1 unspecified atom stereocenters. The van der Waals surface area contributed by atoms with E-state index in [0.29, 0.717) is 5.92 Å². The monoisotopic (exact) mass is 264 g/mol. The van der Waals surface area contributed by atoms with Gasteiger partial charge < -0.3 is 5.32 Å². The van der Waals surface area contributed by atoms with Gasteiger partial charge in [-0.3, -0.25) is 4.90 Å². The maximum Gasteiger partial charge on any atom is 0.128 e. The van der Waals surface area contributed by atoms with Crippen molar-refractivity contribution in [2.24, 2.45) is 5.92 Å². The van der Waals surface area contributed by atoms with Crippen LogP contribution in [-0.4, -0.2) is 31.1 Å². The number of hydrogen-bond acceptors (Lipinski definition) is 2. The molecule has 1 heterocycles. The summed E-state index contributed by atoms with van der Waals surface area (Å²) in [5, 5.41) is 3.37. The van der Waals surface area contributed by atoms with Crippen molar-refractivity contribution in [2.45, 2.75) is 33.2 Å². The molecule has 0 aliphatic carbocycles. The van der Waals surface area contributed by atoms with Crippen molar-refractivity contribution in [3.05, 3.63) is 35.1 Å². The first-order chi connectivity index (χ1) is 9.13. The largest absolute Gasteiger partial charge is 0.314 e. The summed E-state index contributed by atoms with van der Waals surface area (Å²) < 4.78 is 14.2. The van der Waals surface area contributed by atoms with Gasteiger partial charge in [0.1, 0.15) is 5.82 Å². The molecule has 1 N–H and O–H groups in total. The first-order valence-corrected chi connectivity index (χ1v) is 7.34. The average molecular weight is 264 g/mol. The molecule has 106 valence electrons. The number of nitrogens with zero attached hydrogens (tertiary/aromatic N) is 1. The van der Waals surface area contributed by atoms with Gasteiger partial charge in [0.15, 0.2) is 0 Å². The third kappa shape index (κ3) is 3.34. The minimum atomic E-state index is -0.0607. The van der Waals surface area contributed by atoms with Gasteiger partial charge in [0.05, 0.1) is 0 Å². The number of benzene rings is 1. The van der Waals surface area contributed by atoms with Crippen LogP contribution in [0.25, 0.3) is 0 Å². The number of nitrogens with one attached hydrogen (secondary N) is 1. The van der Waals surface area contributed by atoms with E-state index in [9.17, 15) is 4.39 Å². The smallest absolute Gasteiger partial charge is 0.128 e. The summed E-state index contributed by atoms with van der Waals surface area (Å²) in [5.74, 6) is 0.406. The first-order valence-electron chi connectivity index (χ1n) is 7.34. The number of hydrogen-bond donors (Lipinski definition) is 1. The van der Waals surface area contributed by atoms with Crippen LogP contribution in [0.15, 0.2) is 18.2 Å². The van der Waals surface area contributed by atoms with Crippen LogP contribution in [0.2, 0.25) is 0 Å². The molecule has 1 aliphatic heterocycles. The van der Waals surface area contributed by atoms with E-state index in [-0.39, 0.29) is 11.9 Å². The highest BCUT2D eigenvalue weighted by Gasteiger charge is 2.28. The Balaban J connectivity index is 2.33. The fourth-order valence-electron chi connectivity index (χ4n) is 2.94. The molecule has 2 nitrogen and oxygen atoms in total. The van der Waals surface area contributed by atoms with E-state index in [1.54, 1.807) is 6.07 Å². The summed E-state index contributed by atoms with van der Waals surface area (Å²) in [4.78, 5) is 2.43. The van der Waals surface area contributed by atoms with Gasteiger partial charge in [-0.2, -0.15) is 0 Å². The first kappa shape index (κ1) is 14.5.